The third-order valence-electron chi connectivity index (χ3n) is 6.36. The van der Waals surface area contributed by atoms with Crippen molar-refractivity contribution in [1.82, 2.24) is 20.1 Å². The number of pyridine rings is 1. The number of fused-ring (bicyclic) bond motifs is 1. The van der Waals surface area contributed by atoms with Crippen molar-refractivity contribution in [3.05, 3.63) is 52.4 Å². The van der Waals surface area contributed by atoms with Crippen LogP contribution >= 0.6 is 23.2 Å². The van der Waals surface area contributed by atoms with Gasteiger partial charge < -0.3 is 15.3 Å². The average molecular weight is 462 g/mol. The lowest BCUT2D eigenvalue weighted by Crippen LogP contribution is -2.45. The number of hydrogen-bond acceptors (Lipinski definition) is 4. The van der Waals surface area contributed by atoms with Gasteiger partial charge in [-0.2, -0.15) is 5.10 Å². The number of halogens is 2. The number of carbonyl (C=O) groups is 1. The van der Waals surface area contributed by atoms with Gasteiger partial charge in [0.1, 0.15) is 5.15 Å². The quantitative estimate of drug-likeness (QED) is 0.461. The lowest BCUT2D eigenvalue weighted by molar-refractivity contribution is -0.0138. The van der Waals surface area contributed by atoms with Crippen molar-refractivity contribution >= 4 is 45.8 Å². The highest BCUT2D eigenvalue weighted by Gasteiger charge is 2.40. The summed E-state index contributed by atoms with van der Waals surface area (Å²) < 4.78 is 0. The fourth-order valence-corrected chi connectivity index (χ4v) is 4.71. The molecule has 31 heavy (non-hydrogen) atoms. The smallest absolute Gasteiger partial charge is 0.321 e. The van der Waals surface area contributed by atoms with E-state index < -0.39 is 11.5 Å². The van der Waals surface area contributed by atoms with Crippen molar-refractivity contribution < 1.29 is 9.90 Å². The van der Waals surface area contributed by atoms with Gasteiger partial charge in [-0.05, 0) is 48.4 Å². The first kappa shape index (κ1) is 21.9. The van der Waals surface area contributed by atoms with E-state index in [0.29, 0.717) is 29.0 Å². The average Bonchev–Trinajstić information content (AvgIpc) is 3.22. The van der Waals surface area contributed by atoms with Gasteiger partial charge in [0.15, 0.2) is 0 Å². The summed E-state index contributed by atoms with van der Waals surface area (Å²) in [4.78, 5) is 18.4. The van der Waals surface area contributed by atoms with Gasteiger partial charge in [0, 0.05) is 29.1 Å². The molecule has 3 aromatic rings. The van der Waals surface area contributed by atoms with Crippen LogP contribution in [-0.2, 0) is 0 Å². The number of anilines is 1. The lowest BCUT2D eigenvalue weighted by Gasteiger charge is -2.43. The number of urea groups is 1. The topological polar surface area (TPSA) is 94.1 Å². The number of piperidine rings is 1. The predicted molar refractivity (Wildman–Crippen MR) is 122 cm³/mol. The van der Waals surface area contributed by atoms with Gasteiger partial charge in [0.05, 0.1) is 29.7 Å². The number of carbonyl (C=O) groups excluding carboxylic acids is 1. The maximum atomic E-state index is 12.6. The first-order valence-electron chi connectivity index (χ1n) is 10.2. The SMILES string of the molecule is CC(C)(C1CCN(C(=O)Nc2ccc(Cl)nc2)CC1)C(O)c1cc(Cl)cc2cn[nH]c12. The zero-order valence-electron chi connectivity index (χ0n) is 17.4. The fraction of sp³-hybridized carbons (Fsp3) is 0.409. The molecule has 1 aliphatic rings. The van der Waals surface area contributed by atoms with E-state index in [4.69, 9.17) is 23.2 Å². The molecule has 9 heteroatoms. The minimum atomic E-state index is -0.723. The monoisotopic (exact) mass is 461 g/mol. The predicted octanol–water partition coefficient (Wildman–Crippen LogP) is 5.27. The maximum Gasteiger partial charge on any atom is 0.321 e. The molecule has 0 radical (unpaired) electrons. The second-order valence-electron chi connectivity index (χ2n) is 8.61. The van der Waals surface area contributed by atoms with Crippen LogP contribution in [0.25, 0.3) is 10.9 Å². The van der Waals surface area contributed by atoms with Crippen LogP contribution in [0.5, 0.6) is 0 Å². The Labute approximate surface area is 190 Å². The maximum absolute atomic E-state index is 12.6. The standard InChI is InChI=1S/C22H25Cl2N5O2/c1-22(2,20(30)17-10-15(23)9-13-11-26-28-19(13)17)14-5-7-29(8-6-14)21(31)27-16-3-4-18(24)25-12-16/h3-4,9-12,14,20,30H,5-8H2,1-2H3,(H,26,28)(H,27,31). The van der Waals surface area contributed by atoms with Crippen LogP contribution in [0.3, 0.4) is 0 Å². The number of H-pyrrole nitrogens is 1. The Morgan fingerprint density at radius 2 is 2.00 bits per heavy atom. The molecule has 0 bridgehead atoms. The summed E-state index contributed by atoms with van der Waals surface area (Å²) >= 11 is 12.1. The van der Waals surface area contributed by atoms with Crippen molar-refractivity contribution in [3.8, 4) is 0 Å². The van der Waals surface area contributed by atoms with Gasteiger partial charge in [-0.25, -0.2) is 9.78 Å². The summed E-state index contributed by atoms with van der Waals surface area (Å²) in [5, 5.41) is 23.1. The van der Waals surface area contributed by atoms with Gasteiger partial charge in [0.25, 0.3) is 0 Å². The largest absolute Gasteiger partial charge is 0.388 e. The van der Waals surface area contributed by atoms with Crippen molar-refractivity contribution in [2.45, 2.75) is 32.8 Å². The normalized spacial score (nSPS) is 16.5. The summed E-state index contributed by atoms with van der Waals surface area (Å²) in [6.45, 7) is 5.37. The second-order valence-corrected chi connectivity index (χ2v) is 9.44. The summed E-state index contributed by atoms with van der Waals surface area (Å²) in [6.07, 6.45) is 4.11. The van der Waals surface area contributed by atoms with Crippen molar-refractivity contribution in [3.63, 3.8) is 0 Å². The van der Waals surface area contributed by atoms with Crippen LogP contribution in [0.2, 0.25) is 10.2 Å². The summed E-state index contributed by atoms with van der Waals surface area (Å²) in [7, 11) is 0. The van der Waals surface area contributed by atoms with E-state index in [1.54, 1.807) is 29.3 Å². The molecule has 7 nitrogen and oxygen atoms in total. The molecule has 1 aliphatic heterocycles. The number of aliphatic hydroxyl groups excluding tert-OH is 1. The highest BCUT2D eigenvalue weighted by molar-refractivity contribution is 6.31. The Kier molecular flexibility index (Phi) is 6.10. The number of aromatic nitrogens is 3. The number of benzene rings is 1. The highest BCUT2D eigenvalue weighted by atomic mass is 35.5. The van der Waals surface area contributed by atoms with E-state index >= 15 is 0 Å². The lowest BCUT2D eigenvalue weighted by atomic mass is 9.68. The van der Waals surface area contributed by atoms with Crippen molar-refractivity contribution in [2.24, 2.45) is 11.3 Å². The molecule has 0 spiro atoms. The van der Waals surface area contributed by atoms with Gasteiger partial charge in [-0.15, -0.1) is 0 Å². The van der Waals surface area contributed by atoms with Crippen molar-refractivity contribution in [1.29, 1.82) is 0 Å². The summed E-state index contributed by atoms with van der Waals surface area (Å²) in [6, 6.07) is 6.84. The fourth-order valence-electron chi connectivity index (χ4n) is 4.37. The molecule has 4 rings (SSSR count). The second kappa shape index (κ2) is 8.65. The van der Waals surface area contributed by atoms with E-state index in [2.05, 4.69) is 34.3 Å². The minimum Gasteiger partial charge on any atom is -0.388 e. The molecule has 2 aromatic heterocycles. The van der Waals surface area contributed by atoms with Crippen LogP contribution in [0.1, 0.15) is 38.4 Å². The van der Waals surface area contributed by atoms with E-state index in [9.17, 15) is 9.90 Å². The Balaban J connectivity index is 1.42. The Hall–Kier alpha value is -2.35. The van der Waals surface area contributed by atoms with E-state index in [-0.39, 0.29) is 11.9 Å². The number of nitrogens with zero attached hydrogens (tertiary/aromatic N) is 3. The first-order chi connectivity index (χ1) is 14.8. The molecular weight excluding hydrogens is 437 g/mol. The van der Waals surface area contributed by atoms with Gasteiger partial charge in [-0.3, -0.25) is 5.10 Å². The highest BCUT2D eigenvalue weighted by Crippen LogP contribution is 2.46. The number of nitrogens with one attached hydrogen (secondary N) is 2. The molecule has 3 N–H and O–H groups in total. The Morgan fingerprint density at radius 3 is 2.68 bits per heavy atom. The molecule has 1 fully saturated rings. The van der Waals surface area contributed by atoms with Gasteiger partial charge >= 0.3 is 6.03 Å². The Morgan fingerprint density at radius 1 is 1.26 bits per heavy atom. The molecule has 1 aromatic carbocycles. The van der Waals surface area contributed by atoms with Crippen LogP contribution in [0.4, 0.5) is 10.5 Å². The molecule has 164 valence electrons. The third kappa shape index (κ3) is 4.49. The molecule has 2 amide bonds. The molecular formula is C22H25Cl2N5O2. The van der Waals surface area contributed by atoms with Crippen LogP contribution in [0.15, 0.2) is 36.7 Å². The molecule has 1 saturated heterocycles. The number of rotatable bonds is 4. The minimum absolute atomic E-state index is 0.157. The summed E-state index contributed by atoms with van der Waals surface area (Å²) in [5.41, 5.74) is 1.75. The third-order valence-corrected chi connectivity index (χ3v) is 6.80. The molecule has 1 atom stereocenters. The summed E-state index contributed by atoms with van der Waals surface area (Å²) in [5.74, 6) is 0.237. The van der Waals surface area contributed by atoms with Crippen molar-refractivity contribution in [2.75, 3.05) is 18.4 Å². The zero-order valence-corrected chi connectivity index (χ0v) is 18.9. The molecule has 0 aliphatic carbocycles. The van der Waals surface area contributed by atoms with E-state index in [0.717, 1.165) is 29.3 Å². The number of amides is 2. The molecule has 0 saturated carbocycles. The van der Waals surface area contributed by atoms with Gasteiger partial charge in [0.2, 0.25) is 0 Å². The number of aliphatic hydroxyl groups is 1. The zero-order chi connectivity index (χ0) is 22.2. The number of hydrogen-bond donors (Lipinski definition) is 3. The van der Waals surface area contributed by atoms with E-state index in [1.807, 2.05) is 6.07 Å². The number of likely N-dealkylation sites (tertiary alicyclic amines) is 1. The van der Waals surface area contributed by atoms with Gasteiger partial charge in [-0.1, -0.05) is 37.0 Å². The van der Waals surface area contributed by atoms with Crippen LogP contribution < -0.4 is 5.32 Å². The number of aromatic amines is 1. The molecule has 3 heterocycles. The van der Waals surface area contributed by atoms with Crippen LogP contribution in [0, 0.1) is 11.3 Å². The van der Waals surface area contributed by atoms with E-state index in [1.165, 1.54) is 6.20 Å². The first-order valence-corrected chi connectivity index (χ1v) is 11.0. The Bertz CT molecular complexity index is 1080. The molecule has 1 unspecified atom stereocenters. The van der Waals surface area contributed by atoms with Crippen LogP contribution in [-0.4, -0.2) is 44.3 Å².